The number of rotatable bonds is 2. The van der Waals surface area contributed by atoms with Gasteiger partial charge in [-0.2, -0.15) is 0 Å². The van der Waals surface area contributed by atoms with E-state index in [9.17, 15) is 23.5 Å². The zero-order chi connectivity index (χ0) is 22.3. The summed E-state index contributed by atoms with van der Waals surface area (Å²) in [6.07, 6.45) is 2.71. The highest BCUT2D eigenvalue weighted by Gasteiger charge is 2.46. The van der Waals surface area contributed by atoms with Crippen LogP contribution in [0.1, 0.15) is 60.4 Å². The number of anilines is 1. The van der Waals surface area contributed by atoms with Crippen molar-refractivity contribution in [2.45, 2.75) is 45.6 Å². The van der Waals surface area contributed by atoms with Gasteiger partial charge >= 0.3 is 5.97 Å². The smallest absolute Gasteiger partial charge is 0.341 e. The van der Waals surface area contributed by atoms with Crippen LogP contribution in [0.3, 0.4) is 0 Å². The molecule has 5 rings (SSSR count). The van der Waals surface area contributed by atoms with Gasteiger partial charge in [0.25, 0.3) is 5.92 Å². The van der Waals surface area contributed by atoms with Crippen LogP contribution in [0.4, 0.5) is 14.5 Å². The molecule has 0 radical (unpaired) electrons. The van der Waals surface area contributed by atoms with E-state index in [0.717, 1.165) is 33.7 Å². The molecular weight excluding hydrogens is 402 g/mol. The molecular formula is C24H24F2N2O3. The van der Waals surface area contributed by atoms with Crippen LogP contribution in [0.25, 0.3) is 11.1 Å². The van der Waals surface area contributed by atoms with E-state index >= 15 is 0 Å². The van der Waals surface area contributed by atoms with Crippen molar-refractivity contribution in [2.75, 3.05) is 18.0 Å². The summed E-state index contributed by atoms with van der Waals surface area (Å²) >= 11 is 0. The third-order valence-electron chi connectivity index (χ3n) is 6.73. The van der Waals surface area contributed by atoms with E-state index in [0.29, 0.717) is 12.8 Å². The molecule has 162 valence electrons. The molecule has 0 amide bonds. The van der Waals surface area contributed by atoms with E-state index in [1.165, 1.54) is 12.3 Å². The summed E-state index contributed by atoms with van der Waals surface area (Å²) < 4.78 is 29.0. The van der Waals surface area contributed by atoms with Gasteiger partial charge in [0.15, 0.2) is 5.43 Å². The third kappa shape index (κ3) is 3.01. The lowest BCUT2D eigenvalue weighted by Crippen LogP contribution is -2.56. The highest BCUT2D eigenvalue weighted by Crippen LogP contribution is 2.52. The van der Waals surface area contributed by atoms with Gasteiger partial charge in [-0.3, -0.25) is 4.79 Å². The Bertz CT molecular complexity index is 1210. The molecule has 1 atom stereocenters. The molecule has 5 nitrogen and oxygen atoms in total. The normalized spacial score (nSPS) is 21.3. The van der Waals surface area contributed by atoms with E-state index < -0.39 is 17.3 Å². The molecule has 0 bridgehead atoms. The number of alkyl halides is 2. The topological polar surface area (TPSA) is 62.5 Å². The minimum absolute atomic E-state index is 0.0390. The largest absolute Gasteiger partial charge is 0.477 e. The lowest BCUT2D eigenvalue weighted by molar-refractivity contribution is -0.0263. The molecule has 31 heavy (non-hydrogen) atoms. The number of aromatic carboxylic acids is 1. The van der Waals surface area contributed by atoms with Gasteiger partial charge < -0.3 is 14.6 Å². The van der Waals surface area contributed by atoms with Gasteiger partial charge in [-0.05, 0) is 40.2 Å². The molecule has 3 heterocycles. The second kappa shape index (κ2) is 6.28. The summed E-state index contributed by atoms with van der Waals surface area (Å²) in [4.78, 5) is 25.8. The van der Waals surface area contributed by atoms with Gasteiger partial charge in [0, 0.05) is 36.1 Å². The van der Waals surface area contributed by atoms with Gasteiger partial charge in [0.1, 0.15) is 5.56 Å². The van der Waals surface area contributed by atoms with E-state index in [2.05, 4.69) is 20.8 Å². The number of halogens is 2. The molecule has 1 saturated heterocycles. The summed E-state index contributed by atoms with van der Waals surface area (Å²) in [5.41, 5.74) is 4.80. The maximum absolute atomic E-state index is 13.5. The molecule has 7 heteroatoms. The highest BCUT2D eigenvalue weighted by atomic mass is 19.3. The minimum Gasteiger partial charge on any atom is -0.477 e. The van der Waals surface area contributed by atoms with Crippen LogP contribution in [-0.2, 0) is 6.42 Å². The molecule has 1 aliphatic carbocycles. The average Bonchev–Trinajstić information content (AvgIpc) is 3.03. The number of carbonyl (C=O) groups is 1. The molecule has 1 fully saturated rings. The predicted octanol–water partition coefficient (Wildman–Crippen LogP) is 4.46. The van der Waals surface area contributed by atoms with Crippen molar-refractivity contribution < 1.29 is 18.7 Å². The maximum atomic E-state index is 13.5. The number of fused-ring (bicyclic) bond motifs is 4. The first-order chi connectivity index (χ1) is 14.5. The predicted molar refractivity (Wildman–Crippen MR) is 115 cm³/mol. The molecule has 2 aliphatic heterocycles. The van der Waals surface area contributed by atoms with Crippen LogP contribution in [0.2, 0.25) is 0 Å². The summed E-state index contributed by atoms with van der Waals surface area (Å²) in [7, 11) is 0. The van der Waals surface area contributed by atoms with Crippen molar-refractivity contribution in [3.05, 3.63) is 63.1 Å². The Morgan fingerprint density at radius 3 is 2.52 bits per heavy atom. The lowest BCUT2D eigenvalue weighted by atomic mass is 9.78. The number of hydrogen-bond acceptors (Lipinski definition) is 3. The Balaban J connectivity index is 1.66. The van der Waals surface area contributed by atoms with Gasteiger partial charge in [-0.25, -0.2) is 13.6 Å². The zero-order valence-electron chi connectivity index (χ0n) is 17.7. The Morgan fingerprint density at radius 2 is 1.90 bits per heavy atom. The second-order valence-electron chi connectivity index (χ2n) is 9.88. The number of pyridine rings is 1. The Hall–Kier alpha value is -2.96. The highest BCUT2D eigenvalue weighted by molar-refractivity contribution is 6.00. The number of benzene rings is 1. The van der Waals surface area contributed by atoms with Crippen LogP contribution in [0.5, 0.6) is 0 Å². The average molecular weight is 426 g/mol. The van der Waals surface area contributed by atoms with Gasteiger partial charge in [-0.15, -0.1) is 0 Å². The number of carboxylic acids is 1. The van der Waals surface area contributed by atoms with Crippen LogP contribution in [0, 0.1) is 5.41 Å². The number of nitrogens with zero attached hydrogens (tertiary/aromatic N) is 2. The zero-order valence-corrected chi connectivity index (χ0v) is 17.7. The molecule has 1 N–H and O–H groups in total. The number of hydrogen-bond donors (Lipinski definition) is 1. The first-order valence-corrected chi connectivity index (χ1v) is 10.4. The molecule has 2 aromatic rings. The number of allylic oxidation sites excluding steroid dienone is 2. The molecule has 0 saturated carbocycles. The maximum Gasteiger partial charge on any atom is 0.341 e. The number of carboxylic acid groups (broad SMARTS) is 1. The Kier molecular flexibility index (Phi) is 4.04. The number of aromatic nitrogens is 1. The summed E-state index contributed by atoms with van der Waals surface area (Å²) in [5, 5.41) is 9.47. The second-order valence-corrected chi connectivity index (χ2v) is 9.88. The van der Waals surface area contributed by atoms with Crippen molar-refractivity contribution in [1.29, 1.82) is 0 Å². The first-order valence-electron chi connectivity index (χ1n) is 10.4. The molecule has 0 unspecified atom stereocenters. The molecule has 1 aromatic heterocycles. The first kappa shape index (κ1) is 20.0. The SMILES string of the molecule is CC(C)(C)[C@@H]1CC2=C(Cc3c2cccc3N2CC(F)(F)C2)c2cc(=O)c(C(=O)O)cn21. The van der Waals surface area contributed by atoms with Crippen LogP contribution < -0.4 is 10.3 Å². The fourth-order valence-corrected chi connectivity index (χ4v) is 5.17. The summed E-state index contributed by atoms with van der Waals surface area (Å²) in [5.74, 6) is -3.89. The third-order valence-corrected chi connectivity index (χ3v) is 6.73. The van der Waals surface area contributed by atoms with Crippen molar-refractivity contribution >= 4 is 22.8 Å². The van der Waals surface area contributed by atoms with E-state index in [-0.39, 0.29) is 30.1 Å². The standard InChI is InChI=1S/C24H24F2N2O3/c1-23(2,3)21-8-14-13-5-4-6-18(27-11-24(25,26)12-27)15(13)7-16(14)19-9-20(29)17(22(30)31)10-28(19)21/h4-6,9-10,21H,7-8,11-12H2,1-3H3,(H,30,31)/t21-/m0/s1. The quantitative estimate of drug-likeness (QED) is 0.770. The van der Waals surface area contributed by atoms with Crippen molar-refractivity contribution in [3.8, 4) is 0 Å². The Labute approximate surface area is 178 Å². The van der Waals surface area contributed by atoms with Gasteiger partial charge in [-0.1, -0.05) is 32.9 Å². The van der Waals surface area contributed by atoms with Crippen molar-refractivity contribution in [2.24, 2.45) is 5.41 Å². The fraction of sp³-hybridized carbons (Fsp3) is 0.417. The molecule has 0 spiro atoms. The van der Waals surface area contributed by atoms with Crippen LogP contribution >= 0.6 is 0 Å². The molecule has 1 aromatic carbocycles. The van der Waals surface area contributed by atoms with Gasteiger partial charge in [0.05, 0.1) is 13.1 Å². The van der Waals surface area contributed by atoms with E-state index in [1.807, 2.05) is 22.8 Å². The molecule has 3 aliphatic rings. The lowest BCUT2D eigenvalue weighted by Gasteiger charge is -2.41. The van der Waals surface area contributed by atoms with Crippen LogP contribution in [-0.4, -0.2) is 34.7 Å². The van der Waals surface area contributed by atoms with Crippen molar-refractivity contribution in [3.63, 3.8) is 0 Å². The van der Waals surface area contributed by atoms with E-state index in [1.54, 1.807) is 4.90 Å². The van der Waals surface area contributed by atoms with Crippen LogP contribution in [0.15, 0.2) is 35.3 Å². The fourth-order valence-electron chi connectivity index (χ4n) is 5.17. The van der Waals surface area contributed by atoms with E-state index in [4.69, 9.17) is 0 Å². The van der Waals surface area contributed by atoms with Crippen molar-refractivity contribution in [1.82, 2.24) is 4.57 Å². The minimum atomic E-state index is -2.65. The summed E-state index contributed by atoms with van der Waals surface area (Å²) in [6.45, 7) is 5.73. The monoisotopic (exact) mass is 426 g/mol. The Morgan fingerprint density at radius 1 is 1.19 bits per heavy atom. The van der Waals surface area contributed by atoms with Gasteiger partial charge in [0.2, 0.25) is 0 Å². The summed E-state index contributed by atoms with van der Waals surface area (Å²) in [6, 6.07) is 7.21.